The average molecular weight is 198 g/mol. The fourth-order valence-electron chi connectivity index (χ4n) is 1.84. The van der Waals surface area contributed by atoms with Gasteiger partial charge >= 0.3 is 5.97 Å². The normalized spacial score (nSPS) is 20.6. The highest BCUT2D eigenvalue weighted by Gasteiger charge is 2.32. The van der Waals surface area contributed by atoms with Crippen molar-refractivity contribution in [3.63, 3.8) is 0 Å². The highest BCUT2D eigenvalue weighted by atomic mass is 16.5. The van der Waals surface area contributed by atoms with Crippen molar-refractivity contribution in [1.29, 1.82) is 0 Å². The molecule has 1 fully saturated rings. The second-order valence-electron chi connectivity index (χ2n) is 4.74. The molecule has 0 aliphatic heterocycles. The number of esters is 1. The predicted molar refractivity (Wildman–Crippen MR) is 56.9 cm³/mol. The summed E-state index contributed by atoms with van der Waals surface area (Å²) in [5, 5.41) is 0. The van der Waals surface area contributed by atoms with E-state index in [4.69, 9.17) is 4.74 Å². The molecule has 0 N–H and O–H groups in total. The third-order valence-electron chi connectivity index (χ3n) is 3.14. The molecule has 0 aromatic rings. The Labute approximate surface area is 87.0 Å². The van der Waals surface area contributed by atoms with E-state index in [1.54, 1.807) is 0 Å². The Morgan fingerprint density at radius 1 is 1.36 bits per heavy atom. The molecule has 2 atom stereocenters. The summed E-state index contributed by atoms with van der Waals surface area (Å²) in [4.78, 5) is 11.7. The molecule has 82 valence electrons. The van der Waals surface area contributed by atoms with Crippen molar-refractivity contribution in [3.05, 3.63) is 0 Å². The zero-order chi connectivity index (χ0) is 10.7. The Morgan fingerprint density at radius 3 is 2.29 bits per heavy atom. The van der Waals surface area contributed by atoms with Gasteiger partial charge in [0.2, 0.25) is 0 Å². The second kappa shape index (κ2) is 4.81. The molecule has 1 aliphatic carbocycles. The summed E-state index contributed by atoms with van der Waals surface area (Å²) >= 11 is 0. The van der Waals surface area contributed by atoms with Gasteiger partial charge in [-0.1, -0.05) is 20.8 Å². The molecule has 0 radical (unpaired) electrons. The van der Waals surface area contributed by atoms with Crippen molar-refractivity contribution in [2.24, 2.45) is 17.8 Å². The van der Waals surface area contributed by atoms with E-state index >= 15 is 0 Å². The molecule has 0 amide bonds. The maximum absolute atomic E-state index is 11.7. The van der Waals surface area contributed by atoms with Gasteiger partial charge in [-0.3, -0.25) is 4.79 Å². The van der Waals surface area contributed by atoms with E-state index in [0.717, 1.165) is 6.42 Å². The SMILES string of the molecule is CCC(C(=O)OC(C)C1CC1)C(C)C. The molecule has 0 aromatic carbocycles. The number of hydrogen-bond acceptors (Lipinski definition) is 2. The molecule has 14 heavy (non-hydrogen) atoms. The summed E-state index contributed by atoms with van der Waals surface area (Å²) in [5.41, 5.74) is 0. The highest BCUT2D eigenvalue weighted by Crippen LogP contribution is 2.34. The molecule has 1 aliphatic rings. The number of carbonyl (C=O) groups excluding carboxylic acids is 1. The highest BCUT2D eigenvalue weighted by molar-refractivity contribution is 5.72. The first-order valence-corrected chi connectivity index (χ1v) is 5.76. The number of carbonyl (C=O) groups is 1. The first-order valence-electron chi connectivity index (χ1n) is 5.76. The third kappa shape index (κ3) is 3.00. The molecule has 1 saturated carbocycles. The summed E-state index contributed by atoms with van der Waals surface area (Å²) in [5.74, 6) is 1.11. The van der Waals surface area contributed by atoms with E-state index in [9.17, 15) is 4.79 Å². The Bertz CT molecular complexity index is 194. The van der Waals surface area contributed by atoms with Crippen LogP contribution in [0.2, 0.25) is 0 Å². The van der Waals surface area contributed by atoms with Gasteiger partial charge < -0.3 is 4.74 Å². The summed E-state index contributed by atoms with van der Waals surface area (Å²) in [6.45, 7) is 8.23. The van der Waals surface area contributed by atoms with Crippen molar-refractivity contribution in [1.82, 2.24) is 0 Å². The van der Waals surface area contributed by atoms with E-state index in [0.29, 0.717) is 11.8 Å². The lowest BCUT2D eigenvalue weighted by Crippen LogP contribution is -2.26. The lowest BCUT2D eigenvalue weighted by atomic mass is 9.93. The zero-order valence-electron chi connectivity index (χ0n) is 9.75. The fraction of sp³-hybridized carbons (Fsp3) is 0.917. The standard InChI is InChI=1S/C12H22O2/c1-5-11(8(2)3)12(13)14-9(4)10-6-7-10/h8-11H,5-7H2,1-4H3. The van der Waals surface area contributed by atoms with Crippen LogP contribution in [0.3, 0.4) is 0 Å². The molecule has 0 saturated heterocycles. The van der Waals surface area contributed by atoms with Crippen LogP contribution >= 0.6 is 0 Å². The number of hydrogen-bond donors (Lipinski definition) is 0. The van der Waals surface area contributed by atoms with E-state index < -0.39 is 0 Å². The van der Waals surface area contributed by atoms with Gasteiger partial charge in [-0.05, 0) is 38.0 Å². The lowest BCUT2D eigenvalue weighted by Gasteiger charge is -2.20. The van der Waals surface area contributed by atoms with E-state index in [1.807, 2.05) is 13.8 Å². The van der Waals surface area contributed by atoms with Crippen LogP contribution in [0.25, 0.3) is 0 Å². The van der Waals surface area contributed by atoms with Gasteiger partial charge in [0.15, 0.2) is 0 Å². The molecular weight excluding hydrogens is 176 g/mol. The van der Waals surface area contributed by atoms with Gasteiger partial charge in [0.25, 0.3) is 0 Å². The van der Waals surface area contributed by atoms with Crippen molar-refractivity contribution >= 4 is 5.97 Å². The van der Waals surface area contributed by atoms with E-state index in [1.165, 1.54) is 12.8 Å². The van der Waals surface area contributed by atoms with Crippen molar-refractivity contribution in [3.8, 4) is 0 Å². The summed E-state index contributed by atoms with van der Waals surface area (Å²) < 4.78 is 5.45. The van der Waals surface area contributed by atoms with Crippen LogP contribution in [-0.4, -0.2) is 12.1 Å². The number of ether oxygens (including phenoxy) is 1. The van der Waals surface area contributed by atoms with Gasteiger partial charge in [-0.2, -0.15) is 0 Å². The van der Waals surface area contributed by atoms with Crippen molar-refractivity contribution in [2.45, 2.75) is 53.1 Å². The monoisotopic (exact) mass is 198 g/mol. The van der Waals surface area contributed by atoms with Crippen LogP contribution in [0.5, 0.6) is 0 Å². The minimum atomic E-state index is 0.00176. The van der Waals surface area contributed by atoms with Gasteiger partial charge in [0.05, 0.1) is 5.92 Å². The van der Waals surface area contributed by atoms with Crippen LogP contribution in [-0.2, 0) is 9.53 Å². The first kappa shape index (κ1) is 11.5. The molecule has 0 bridgehead atoms. The Kier molecular flexibility index (Phi) is 3.97. The van der Waals surface area contributed by atoms with Crippen LogP contribution in [0.1, 0.15) is 47.0 Å². The minimum absolute atomic E-state index is 0.00176. The Hall–Kier alpha value is -0.530. The maximum atomic E-state index is 11.7. The van der Waals surface area contributed by atoms with Crippen LogP contribution in [0.15, 0.2) is 0 Å². The topological polar surface area (TPSA) is 26.3 Å². The van der Waals surface area contributed by atoms with Crippen molar-refractivity contribution < 1.29 is 9.53 Å². The molecule has 2 nitrogen and oxygen atoms in total. The second-order valence-corrected chi connectivity index (χ2v) is 4.74. The summed E-state index contributed by atoms with van der Waals surface area (Å²) in [6, 6.07) is 0. The van der Waals surface area contributed by atoms with E-state index in [-0.39, 0.29) is 18.0 Å². The van der Waals surface area contributed by atoms with Crippen LogP contribution in [0.4, 0.5) is 0 Å². The summed E-state index contributed by atoms with van der Waals surface area (Å²) in [7, 11) is 0. The zero-order valence-corrected chi connectivity index (χ0v) is 9.75. The third-order valence-corrected chi connectivity index (χ3v) is 3.14. The number of rotatable bonds is 5. The molecule has 2 heteroatoms. The molecule has 0 aromatic heterocycles. The van der Waals surface area contributed by atoms with Gasteiger partial charge in [0.1, 0.15) is 6.10 Å². The molecule has 0 spiro atoms. The Balaban J connectivity index is 2.37. The molecule has 0 heterocycles. The van der Waals surface area contributed by atoms with Gasteiger partial charge in [0, 0.05) is 0 Å². The van der Waals surface area contributed by atoms with Gasteiger partial charge in [-0.25, -0.2) is 0 Å². The minimum Gasteiger partial charge on any atom is -0.462 e. The first-order chi connectivity index (χ1) is 6.56. The fourth-order valence-corrected chi connectivity index (χ4v) is 1.84. The molecule has 2 unspecified atom stereocenters. The maximum Gasteiger partial charge on any atom is 0.309 e. The lowest BCUT2D eigenvalue weighted by molar-refractivity contribution is -0.156. The average Bonchev–Trinajstić information content (AvgIpc) is 2.85. The molecule has 1 rings (SSSR count). The van der Waals surface area contributed by atoms with Crippen LogP contribution < -0.4 is 0 Å². The van der Waals surface area contributed by atoms with E-state index in [2.05, 4.69) is 13.8 Å². The molecular formula is C12H22O2. The Morgan fingerprint density at radius 2 is 1.93 bits per heavy atom. The van der Waals surface area contributed by atoms with Crippen LogP contribution in [0, 0.1) is 17.8 Å². The van der Waals surface area contributed by atoms with Gasteiger partial charge in [-0.15, -0.1) is 0 Å². The smallest absolute Gasteiger partial charge is 0.309 e. The largest absolute Gasteiger partial charge is 0.462 e. The van der Waals surface area contributed by atoms with Crippen molar-refractivity contribution in [2.75, 3.05) is 0 Å². The quantitative estimate of drug-likeness (QED) is 0.635. The summed E-state index contributed by atoms with van der Waals surface area (Å²) in [6.07, 6.45) is 3.48. The predicted octanol–water partition coefficient (Wildman–Crippen LogP) is 3.01.